The normalized spacial score (nSPS) is 39.6. The van der Waals surface area contributed by atoms with Gasteiger partial charge in [0, 0.05) is 31.3 Å². The molecule has 6 atom stereocenters. The zero-order valence-electron chi connectivity index (χ0n) is 16.2. The van der Waals surface area contributed by atoms with Crippen LogP contribution in [0.1, 0.15) is 53.4 Å². The Bertz CT molecular complexity index is 621. The van der Waals surface area contributed by atoms with E-state index in [0.29, 0.717) is 29.6 Å². The molecule has 2 fully saturated rings. The van der Waals surface area contributed by atoms with Crippen molar-refractivity contribution < 1.29 is 9.59 Å². The molecular formula is C21H32N2O2. The highest BCUT2D eigenvalue weighted by molar-refractivity contribution is 5.82. The number of nitrogens with one attached hydrogen (secondary N) is 1. The van der Waals surface area contributed by atoms with Crippen LogP contribution in [0.3, 0.4) is 0 Å². The van der Waals surface area contributed by atoms with Crippen LogP contribution in [0.15, 0.2) is 23.5 Å². The molecule has 2 amide bonds. The number of rotatable bonds is 0. The first-order valence-corrected chi connectivity index (χ1v) is 9.73. The number of hydrogen-bond acceptors (Lipinski definition) is 2. The Morgan fingerprint density at radius 1 is 0.920 bits per heavy atom. The highest BCUT2D eigenvalue weighted by Gasteiger charge is 2.43. The van der Waals surface area contributed by atoms with E-state index in [1.54, 1.807) is 4.90 Å². The Morgan fingerprint density at radius 2 is 1.48 bits per heavy atom. The molecule has 0 aromatic rings. The summed E-state index contributed by atoms with van der Waals surface area (Å²) in [4.78, 5) is 25.1. The fourth-order valence-corrected chi connectivity index (χ4v) is 5.36. The average molecular weight is 344 g/mol. The quantitative estimate of drug-likeness (QED) is 0.728. The molecule has 2 aliphatic heterocycles. The smallest absolute Gasteiger partial charge is 0.230 e. The topological polar surface area (TPSA) is 49.4 Å². The molecule has 1 N–H and O–H groups in total. The van der Waals surface area contributed by atoms with E-state index in [1.807, 2.05) is 19.4 Å². The third kappa shape index (κ3) is 3.28. The van der Waals surface area contributed by atoms with Crippen molar-refractivity contribution in [3.05, 3.63) is 23.5 Å². The predicted octanol–water partition coefficient (Wildman–Crippen LogP) is 3.71. The van der Waals surface area contributed by atoms with Gasteiger partial charge in [0.1, 0.15) is 0 Å². The van der Waals surface area contributed by atoms with Gasteiger partial charge in [-0.3, -0.25) is 9.59 Å². The molecule has 0 aromatic heterocycles. The van der Waals surface area contributed by atoms with Crippen molar-refractivity contribution in [2.24, 2.45) is 35.5 Å². The Kier molecular flexibility index (Phi) is 5.08. The number of carbonyl (C=O) groups excluding carboxylic acids is 2. The Morgan fingerprint density at radius 3 is 2.08 bits per heavy atom. The number of allylic oxidation sites excluding steroid dienone is 2. The van der Waals surface area contributed by atoms with E-state index in [-0.39, 0.29) is 17.7 Å². The lowest BCUT2D eigenvalue weighted by Crippen LogP contribution is -2.38. The van der Waals surface area contributed by atoms with E-state index < -0.39 is 0 Å². The molecule has 0 aromatic carbocycles. The van der Waals surface area contributed by atoms with Crippen LogP contribution in [0, 0.1) is 35.5 Å². The SMILES string of the molecule is CC1=CN(C)C(=O)C2C1CC[C@@H]2C.CC1=CNC(=O)C2C1CC[C@@H]2C. The molecule has 0 bridgehead atoms. The second-order valence-electron chi connectivity index (χ2n) is 8.59. The van der Waals surface area contributed by atoms with E-state index in [2.05, 4.69) is 33.0 Å². The van der Waals surface area contributed by atoms with Crippen LogP contribution in [0.4, 0.5) is 0 Å². The highest BCUT2D eigenvalue weighted by Crippen LogP contribution is 2.44. The van der Waals surface area contributed by atoms with Crippen LogP contribution in [-0.4, -0.2) is 23.8 Å². The zero-order valence-corrected chi connectivity index (χ0v) is 16.2. The van der Waals surface area contributed by atoms with Crippen molar-refractivity contribution >= 4 is 11.8 Å². The number of hydrogen-bond donors (Lipinski definition) is 1. The number of amides is 2. The predicted molar refractivity (Wildman–Crippen MR) is 99.2 cm³/mol. The van der Waals surface area contributed by atoms with E-state index in [1.165, 1.54) is 36.8 Å². The number of carbonyl (C=O) groups is 2. The van der Waals surface area contributed by atoms with Crippen molar-refractivity contribution in [3.63, 3.8) is 0 Å². The van der Waals surface area contributed by atoms with E-state index >= 15 is 0 Å². The molecule has 0 radical (unpaired) electrons. The molecule has 25 heavy (non-hydrogen) atoms. The van der Waals surface area contributed by atoms with Gasteiger partial charge in [-0.1, -0.05) is 25.0 Å². The minimum atomic E-state index is 0.232. The molecule has 138 valence electrons. The van der Waals surface area contributed by atoms with Crippen molar-refractivity contribution in [3.8, 4) is 0 Å². The summed E-state index contributed by atoms with van der Waals surface area (Å²) in [6, 6.07) is 0. The van der Waals surface area contributed by atoms with Gasteiger partial charge in [-0.25, -0.2) is 0 Å². The first-order chi connectivity index (χ1) is 11.8. The summed E-state index contributed by atoms with van der Waals surface area (Å²) in [5, 5.41) is 2.83. The maximum Gasteiger partial charge on any atom is 0.230 e. The molecule has 2 heterocycles. The second kappa shape index (κ2) is 6.97. The van der Waals surface area contributed by atoms with Crippen LogP contribution >= 0.6 is 0 Å². The monoisotopic (exact) mass is 344 g/mol. The van der Waals surface area contributed by atoms with Gasteiger partial charge >= 0.3 is 0 Å². The van der Waals surface area contributed by atoms with Crippen LogP contribution in [0.2, 0.25) is 0 Å². The lowest BCUT2D eigenvalue weighted by molar-refractivity contribution is -0.134. The summed E-state index contributed by atoms with van der Waals surface area (Å²) < 4.78 is 0. The molecule has 0 saturated heterocycles. The lowest BCUT2D eigenvalue weighted by atomic mass is 9.83. The van der Waals surface area contributed by atoms with Gasteiger partial charge in [-0.2, -0.15) is 0 Å². The largest absolute Gasteiger partial charge is 0.332 e. The number of nitrogens with zero attached hydrogens (tertiary/aromatic N) is 1. The summed E-state index contributed by atoms with van der Waals surface area (Å²) in [6.45, 7) is 8.66. The zero-order chi connectivity index (χ0) is 18.3. The molecule has 2 aliphatic carbocycles. The van der Waals surface area contributed by atoms with Gasteiger partial charge in [0.15, 0.2) is 0 Å². The van der Waals surface area contributed by atoms with Crippen molar-refractivity contribution in [1.82, 2.24) is 10.2 Å². The van der Waals surface area contributed by atoms with Crippen LogP contribution < -0.4 is 5.32 Å². The summed E-state index contributed by atoms with van der Waals surface area (Å²) in [7, 11) is 1.87. The minimum Gasteiger partial charge on any atom is -0.332 e. The summed E-state index contributed by atoms with van der Waals surface area (Å²) >= 11 is 0. The summed E-state index contributed by atoms with van der Waals surface area (Å²) in [5.41, 5.74) is 2.74. The highest BCUT2D eigenvalue weighted by atomic mass is 16.2. The van der Waals surface area contributed by atoms with Crippen molar-refractivity contribution in [2.75, 3.05) is 7.05 Å². The summed E-state index contributed by atoms with van der Waals surface area (Å²) in [5.74, 6) is 3.30. The molecular weight excluding hydrogens is 312 g/mol. The third-order valence-electron chi connectivity index (χ3n) is 6.90. The lowest BCUT2D eigenvalue weighted by Gasteiger charge is -2.31. The maximum absolute atomic E-state index is 11.8. The van der Waals surface area contributed by atoms with Gasteiger partial charge in [0.05, 0.1) is 0 Å². The van der Waals surface area contributed by atoms with Gasteiger partial charge < -0.3 is 10.2 Å². The molecule has 2 saturated carbocycles. The molecule has 4 aliphatic rings. The fraction of sp³-hybridized carbons (Fsp3) is 0.714. The van der Waals surface area contributed by atoms with Crippen LogP contribution in [0.25, 0.3) is 0 Å². The first kappa shape index (κ1) is 18.2. The molecule has 4 rings (SSSR count). The Labute approximate surface area is 151 Å². The molecule has 4 heteroatoms. The van der Waals surface area contributed by atoms with E-state index in [4.69, 9.17) is 0 Å². The molecule has 4 nitrogen and oxygen atoms in total. The fourth-order valence-electron chi connectivity index (χ4n) is 5.36. The Balaban J connectivity index is 0.000000146. The van der Waals surface area contributed by atoms with E-state index in [0.717, 1.165) is 0 Å². The first-order valence-electron chi connectivity index (χ1n) is 9.73. The number of fused-ring (bicyclic) bond motifs is 2. The Hall–Kier alpha value is -1.58. The van der Waals surface area contributed by atoms with Gasteiger partial charge in [-0.05, 0) is 63.2 Å². The van der Waals surface area contributed by atoms with Crippen LogP contribution in [0.5, 0.6) is 0 Å². The van der Waals surface area contributed by atoms with Crippen molar-refractivity contribution in [2.45, 2.75) is 53.4 Å². The average Bonchev–Trinajstić information content (AvgIpc) is 3.14. The van der Waals surface area contributed by atoms with Gasteiger partial charge in [-0.15, -0.1) is 0 Å². The van der Waals surface area contributed by atoms with Gasteiger partial charge in [0.2, 0.25) is 11.8 Å². The van der Waals surface area contributed by atoms with E-state index in [9.17, 15) is 9.59 Å². The minimum absolute atomic E-state index is 0.232. The summed E-state index contributed by atoms with van der Waals surface area (Å²) in [6.07, 6.45) is 8.69. The van der Waals surface area contributed by atoms with Crippen LogP contribution in [-0.2, 0) is 9.59 Å². The molecule has 4 unspecified atom stereocenters. The third-order valence-corrected chi connectivity index (χ3v) is 6.90. The van der Waals surface area contributed by atoms with Crippen molar-refractivity contribution in [1.29, 1.82) is 0 Å². The standard InChI is InChI=1S/C11H17NO.C10H15NO/c1-7-4-5-9-8(2)6-12(3)11(13)10(7)9;1-6-3-4-8-7(2)5-11-10(12)9(6)8/h6-7,9-10H,4-5H2,1-3H3;5-6,8-9H,3-4H2,1-2H3,(H,11,12)/t7-,9?,10?;6-,8?,9?/m00/s1. The maximum atomic E-state index is 11.8. The second-order valence-corrected chi connectivity index (χ2v) is 8.59. The van der Waals surface area contributed by atoms with Gasteiger partial charge in [0.25, 0.3) is 0 Å². The molecule has 0 spiro atoms.